The second kappa shape index (κ2) is 6.06. The number of aliphatic hydroxyl groups excluding tert-OH is 1. The van der Waals surface area contributed by atoms with Crippen LogP contribution in [0.1, 0.15) is 34.1 Å². The van der Waals surface area contributed by atoms with E-state index in [0.717, 1.165) is 0 Å². The summed E-state index contributed by atoms with van der Waals surface area (Å²) in [6.07, 6.45) is 2.70. The van der Waals surface area contributed by atoms with Crippen LogP contribution in [0.15, 0.2) is 12.2 Å². The van der Waals surface area contributed by atoms with Crippen LogP contribution in [0.5, 0.6) is 0 Å². The molecule has 108 valence electrons. The van der Waals surface area contributed by atoms with Crippen LogP contribution in [0.25, 0.3) is 0 Å². The molecule has 1 aliphatic carbocycles. The first kappa shape index (κ1) is 15.5. The number of amides is 2. The van der Waals surface area contributed by atoms with Crippen LogP contribution in [0.4, 0.5) is 4.79 Å². The fourth-order valence-corrected chi connectivity index (χ4v) is 1.64. The fraction of sp³-hybridized carbons (Fsp3) is 0.692. The zero-order valence-electron chi connectivity index (χ0n) is 11.8. The van der Waals surface area contributed by atoms with E-state index in [9.17, 15) is 14.7 Å². The summed E-state index contributed by atoms with van der Waals surface area (Å²) in [6, 6.07) is -0.883. The molecule has 1 aliphatic rings. The standard InChI is InChI=1S/C13H22N2O4/c1-8(14-12(18)19-13(2,3)4)11(17)15-9-5-6-10(16)7-9/h5-6,8-10,16H,7H2,1-4H3,(H,14,18)(H,15,17)/t8-,9?,10-/m0/s1. The Morgan fingerprint density at radius 3 is 2.47 bits per heavy atom. The summed E-state index contributed by atoms with van der Waals surface area (Å²) >= 11 is 0. The van der Waals surface area contributed by atoms with Crippen LogP contribution >= 0.6 is 0 Å². The number of aliphatic hydroxyl groups is 1. The Morgan fingerprint density at radius 2 is 2.00 bits per heavy atom. The summed E-state index contributed by atoms with van der Waals surface area (Å²) < 4.78 is 5.06. The van der Waals surface area contributed by atoms with E-state index in [2.05, 4.69) is 10.6 Å². The lowest BCUT2D eigenvalue weighted by atomic mass is 10.2. The SMILES string of the molecule is C[C@H](NC(=O)OC(C)(C)C)C(=O)NC1C=C[C@H](O)C1. The van der Waals surface area contributed by atoms with Crippen LogP contribution in [0.3, 0.4) is 0 Å². The van der Waals surface area contributed by atoms with E-state index in [-0.39, 0.29) is 11.9 Å². The van der Waals surface area contributed by atoms with Crippen molar-refractivity contribution in [3.05, 3.63) is 12.2 Å². The summed E-state index contributed by atoms with van der Waals surface area (Å²) in [5.41, 5.74) is -0.599. The monoisotopic (exact) mass is 270 g/mol. The lowest BCUT2D eigenvalue weighted by Gasteiger charge is -2.22. The number of ether oxygens (including phenoxy) is 1. The highest BCUT2D eigenvalue weighted by atomic mass is 16.6. The first-order chi connectivity index (χ1) is 8.67. The Kier molecular flexibility index (Phi) is 4.94. The third kappa shape index (κ3) is 5.74. The second-order valence-electron chi connectivity index (χ2n) is 5.67. The van der Waals surface area contributed by atoms with Gasteiger partial charge in [-0.25, -0.2) is 4.79 Å². The number of carbonyl (C=O) groups excluding carboxylic acids is 2. The molecule has 0 bridgehead atoms. The number of nitrogens with one attached hydrogen (secondary N) is 2. The largest absolute Gasteiger partial charge is 0.444 e. The predicted molar refractivity (Wildman–Crippen MR) is 70.5 cm³/mol. The molecule has 2 amide bonds. The Hall–Kier alpha value is -1.56. The molecule has 6 heteroatoms. The number of hydrogen-bond acceptors (Lipinski definition) is 4. The molecule has 0 spiro atoms. The van der Waals surface area contributed by atoms with Gasteiger partial charge in [-0.05, 0) is 27.7 Å². The average Bonchev–Trinajstić information content (AvgIpc) is 2.60. The number of rotatable bonds is 3. The summed E-state index contributed by atoms with van der Waals surface area (Å²) in [5, 5.41) is 14.5. The Balaban J connectivity index is 2.36. The summed E-state index contributed by atoms with van der Waals surface area (Å²) in [5.74, 6) is -0.311. The van der Waals surface area contributed by atoms with Crippen molar-refractivity contribution in [2.24, 2.45) is 0 Å². The average molecular weight is 270 g/mol. The van der Waals surface area contributed by atoms with Gasteiger partial charge in [-0.3, -0.25) is 4.79 Å². The van der Waals surface area contributed by atoms with Crippen molar-refractivity contribution in [3.8, 4) is 0 Å². The molecule has 0 fully saturated rings. The molecule has 0 saturated heterocycles. The minimum atomic E-state index is -0.694. The third-order valence-corrected chi connectivity index (χ3v) is 2.52. The normalized spacial score (nSPS) is 23.8. The van der Waals surface area contributed by atoms with Gasteiger partial charge in [0.2, 0.25) is 5.91 Å². The van der Waals surface area contributed by atoms with Crippen molar-refractivity contribution in [1.82, 2.24) is 10.6 Å². The highest BCUT2D eigenvalue weighted by Gasteiger charge is 2.24. The molecule has 6 nitrogen and oxygen atoms in total. The quantitative estimate of drug-likeness (QED) is 0.659. The molecule has 0 aromatic carbocycles. The van der Waals surface area contributed by atoms with E-state index in [1.54, 1.807) is 39.8 Å². The van der Waals surface area contributed by atoms with Gasteiger partial charge in [0, 0.05) is 6.42 Å². The zero-order valence-corrected chi connectivity index (χ0v) is 11.8. The number of hydrogen-bond donors (Lipinski definition) is 3. The molecular weight excluding hydrogens is 248 g/mol. The summed E-state index contributed by atoms with van der Waals surface area (Å²) in [4.78, 5) is 23.3. The molecule has 0 radical (unpaired) electrons. The molecular formula is C13H22N2O4. The molecule has 0 aromatic rings. The summed E-state index contributed by atoms with van der Waals surface area (Å²) in [7, 11) is 0. The molecule has 1 rings (SSSR count). The van der Waals surface area contributed by atoms with Gasteiger partial charge >= 0.3 is 6.09 Å². The smallest absolute Gasteiger partial charge is 0.408 e. The maximum atomic E-state index is 11.8. The van der Waals surface area contributed by atoms with E-state index in [4.69, 9.17) is 4.74 Å². The Labute approximate surface area is 113 Å². The van der Waals surface area contributed by atoms with E-state index in [0.29, 0.717) is 6.42 Å². The van der Waals surface area contributed by atoms with Crippen molar-refractivity contribution in [2.75, 3.05) is 0 Å². The van der Waals surface area contributed by atoms with Gasteiger partial charge in [0.15, 0.2) is 0 Å². The predicted octanol–water partition coefficient (Wildman–Crippen LogP) is 0.705. The van der Waals surface area contributed by atoms with E-state index < -0.39 is 23.8 Å². The van der Waals surface area contributed by atoms with Crippen LogP contribution in [-0.2, 0) is 9.53 Å². The van der Waals surface area contributed by atoms with E-state index >= 15 is 0 Å². The van der Waals surface area contributed by atoms with Crippen LogP contribution in [-0.4, -0.2) is 40.9 Å². The Morgan fingerprint density at radius 1 is 1.37 bits per heavy atom. The van der Waals surface area contributed by atoms with Gasteiger partial charge in [-0.1, -0.05) is 12.2 Å². The van der Waals surface area contributed by atoms with Crippen molar-refractivity contribution < 1.29 is 19.4 Å². The van der Waals surface area contributed by atoms with Gasteiger partial charge in [0.1, 0.15) is 11.6 Å². The molecule has 0 aromatic heterocycles. The lowest BCUT2D eigenvalue weighted by Crippen LogP contribution is -2.48. The van der Waals surface area contributed by atoms with E-state index in [1.165, 1.54) is 0 Å². The second-order valence-corrected chi connectivity index (χ2v) is 5.67. The van der Waals surface area contributed by atoms with Crippen LogP contribution < -0.4 is 10.6 Å². The maximum Gasteiger partial charge on any atom is 0.408 e. The first-order valence-corrected chi connectivity index (χ1v) is 6.33. The minimum absolute atomic E-state index is 0.189. The number of alkyl carbamates (subject to hydrolysis) is 1. The van der Waals surface area contributed by atoms with Gasteiger partial charge in [-0.15, -0.1) is 0 Å². The Bertz CT molecular complexity index is 373. The van der Waals surface area contributed by atoms with Crippen LogP contribution in [0, 0.1) is 0 Å². The van der Waals surface area contributed by atoms with Crippen molar-refractivity contribution >= 4 is 12.0 Å². The third-order valence-electron chi connectivity index (χ3n) is 2.52. The van der Waals surface area contributed by atoms with Gasteiger partial charge in [-0.2, -0.15) is 0 Å². The first-order valence-electron chi connectivity index (χ1n) is 6.33. The van der Waals surface area contributed by atoms with Crippen LogP contribution in [0.2, 0.25) is 0 Å². The zero-order chi connectivity index (χ0) is 14.6. The highest BCUT2D eigenvalue weighted by molar-refractivity contribution is 5.85. The molecule has 0 heterocycles. The summed E-state index contributed by atoms with van der Waals surface area (Å²) in [6.45, 7) is 6.83. The minimum Gasteiger partial charge on any atom is -0.444 e. The highest BCUT2D eigenvalue weighted by Crippen LogP contribution is 2.10. The van der Waals surface area contributed by atoms with E-state index in [1.807, 2.05) is 0 Å². The van der Waals surface area contributed by atoms with Crippen molar-refractivity contribution in [1.29, 1.82) is 0 Å². The fourth-order valence-electron chi connectivity index (χ4n) is 1.64. The molecule has 0 saturated carbocycles. The topological polar surface area (TPSA) is 87.7 Å². The van der Waals surface area contributed by atoms with Gasteiger partial charge < -0.3 is 20.5 Å². The van der Waals surface area contributed by atoms with Gasteiger partial charge in [0.05, 0.1) is 12.1 Å². The van der Waals surface area contributed by atoms with Crippen molar-refractivity contribution in [3.63, 3.8) is 0 Å². The van der Waals surface area contributed by atoms with Crippen molar-refractivity contribution in [2.45, 2.75) is 57.9 Å². The van der Waals surface area contributed by atoms with Gasteiger partial charge in [0.25, 0.3) is 0 Å². The molecule has 19 heavy (non-hydrogen) atoms. The maximum absolute atomic E-state index is 11.8. The molecule has 3 N–H and O–H groups in total. The lowest BCUT2D eigenvalue weighted by molar-refractivity contribution is -0.123. The molecule has 1 unspecified atom stereocenters. The molecule has 0 aliphatic heterocycles. The molecule has 3 atom stereocenters. The number of carbonyl (C=O) groups is 2.